The third-order valence-corrected chi connectivity index (χ3v) is 6.52. The summed E-state index contributed by atoms with van der Waals surface area (Å²) in [4.78, 5) is 41.4. The number of hydrogen-bond donors (Lipinski definition) is 2. The normalized spacial score (nSPS) is 19.2. The maximum Gasteiger partial charge on any atom is 0.321 e. The maximum absolute atomic E-state index is 12.9. The molecule has 2 aromatic carbocycles. The Morgan fingerprint density at radius 2 is 1.69 bits per heavy atom. The zero-order chi connectivity index (χ0) is 22.7. The van der Waals surface area contributed by atoms with Gasteiger partial charge in [0.15, 0.2) is 0 Å². The van der Waals surface area contributed by atoms with Crippen LogP contribution < -0.4 is 15.5 Å². The zero-order valence-corrected chi connectivity index (χ0v) is 18.6. The van der Waals surface area contributed by atoms with Crippen molar-refractivity contribution in [2.45, 2.75) is 39.2 Å². The van der Waals surface area contributed by atoms with E-state index < -0.39 is 0 Å². The number of anilines is 2. The molecule has 2 aliphatic rings. The molecule has 168 valence electrons. The third kappa shape index (κ3) is 4.77. The van der Waals surface area contributed by atoms with Crippen LogP contribution in [-0.2, 0) is 9.59 Å². The Morgan fingerprint density at radius 1 is 0.969 bits per heavy atom. The molecule has 2 fully saturated rings. The minimum absolute atomic E-state index is 0.00810. The van der Waals surface area contributed by atoms with E-state index in [-0.39, 0.29) is 36.2 Å². The summed E-state index contributed by atoms with van der Waals surface area (Å²) in [7, 11) is 0. The summed E-state index contributed by atoms with van der Waals surface area (Å²) in [6.45, 7) is 5.61. The van der Waals surface area contributed by atoms with Gasteiger partial charge in [-0.3, -0.25) is 9.59 Å². The molecule has 0 radical (unpaired) electrons. The fourth-order valence-corrected chi connectivity index (χ4v) is 4.41. The topological polar surface area (TPSA) is 81.8 Å². The Labute approximate surface area is 188 Å². The van der Waals surface area contributed by atoms with E-state index in [0.717, 1.165) is 22.5 Å². The first kappa shape index (κ1) is 21.9. The highest BCUT2D eigenvalue weighted by molar-refractivity contribution is 6.01. The Morgan fingerprint density at radius 3 is 2.41 bits per heavy atom. The van der Waals surface area contributed by atoms with E-state index in [1.807, 2.05) is 62.4 Å². The van der Waals surface area contributed by atoms with Crippen LogP contribution in [0.4, 0.5) is 16.2 Å². The van der Waals surface area contributed by atoms with Crippen molar-refractivity contribution in [2.24, 2.45) is 5.92 Å². The van der Waals surface area contributed by atoms with Crippen molar-refractivity contribution in [2.75, 3.05) is 29.9 Å². The molecule has 4 amide bonds. The molecule has 7 nitrogen and oxygen atoms in total. The second-order valence-corrected chi connectivity index (χ2v) is 8.69. The number of para-hydroxylation sites is 1. The monoisotopic (exact) mass is 434 g/mol. The Bertz CT molecular complexity index is 1000. The smallest absolute Gasteiger partial charge is 0.321 e. The van der Waals surface area contributed by atoms with Crippen molar-refractivity contribution in [3.05, 3.63) is 59.7 Å². The van der Waals surface area contributed by atoms with Crippen molar-refractivity contribution in [3.8, 4) is 0 Å². The molecule has 2 saturated heterocycles. The predicted octanol–water partition coefficient (Wildman–Crippen LogP) is 3.47. The third-order valence-electron chi connectivity index (χ3n) is 6.52. The highest BCUT2D eigenvalue weighted by atomic mass is 16.2. The average Bonchev–Trinajstić information content (AvgIpc) is 3.18. The summed E-state index contributed by atoms with van der Waals surface area (Å²) in [6, 6.07) is 15.2. The lowest BCUT2D eigenvalue weighted by Crippen LogP contribution is -2.49. The van der Waals surface area contributed by atoms with Gasteiger partial charge in [-0.25, -0.2) is 4.79 Å². The summed E-state index contributed by atoms with van der Waals surface area (Å²) in [5.74, 6) is -0.425. The molecule has 4 rings (SSSR count). The minimum Gasteiger partial charge on any atom is -0.353 e. The Kier molecular flexibility index (Phi) is 6.44. The average molecular weight is 435 g/mol. The van der Waals surface area contributed by atoms with E-state index in [9.17, 15) is 14.4 Å². The predicted molar refractivity (Wildman–Crippen MR) is 125 cm³/mol. The van der Waals surface area contributed by atoms with Gasteiger partial charge in [0.1, 0.15) is 0 Å². The standard InChI is InChI=1S/C25H30N4O3/c1-17-7-6-10-22(18(17)2)29-16-19(15-23(29)30)24(31)26-21-11-13-28(14-12-21)25(32)27-20-8-4-3-5-9-20/h3-10,19,21H,11-16H2,1-2H3,(H,26,31)(H,27,32). The van der Waals surface area contributed by atoms with E-state index >= 15 is 0 Å². The van der Waals surface area contributed by atoms with Gasteiger partial charge in [-0.2, -0.15) is 0 Å². The molecule has 2 N–H and O–H groups in total. The number of carbonyl (C=O) groups is 3. The lowest BCUT2D eigenvalue weighted by atomic mass is 10.0. The van der Waals surface area contributed by atoms with E-state index in [2.05, 4.69) is 10.6 Å². The van der Waals surface area contributed by atoms with Crippen molar-refractivity contribution in [1.29, 1.82) is 0 Å². The van der Waals surface area contributed by atoms with Gasteiger partial charge in [0, 0.05) is 43.5 Å². The van der Waals surface area contributed by atoms with Crippen LogP contribution in [0, 0.1) is 19.8 Å². The SMILES string of the molecule is Cc1cccc(N2CC(C(=O)NC3CCN(C(=O)Nc4ccccc4)CC3)CC2=O)c1C. The van der Waals surface area contributed by atoms with Gasteiger partial charge < -0.3 is 20.4 Å². The van der Waals surface area contributed by atoms with Crippen molar-refractivity contribution in [3.63, 3.8) is 0 Å². The van der Waals surface area contributed by atoms with Gasteiger partial charge in [0.05, 0.1) is 5.92 Å². The largest absolute Gasteiger partial charge is 0.353 e. The van der Waals surface area contributed by atoms with E-state index in [1.165, 1.54) is 0 Å². The molecule has 0 aliphatic carbocycles. The number of aryl methyl sites for hydroxylation is 1. The molecule has 7 heteroatoms. The molecule has 0 aromatic heterocycles. The number of nitrogens with one attached hydrogen (secondary N) is 2. The van der Waals surface area contributed by atoms with Gasteiger partial charge in [0.2, 0.25) is 11.8 Å². The van der Waals surface area contributed by atoms with E-state index in [0.29, 0.717) is 32.5 Å². The number of rotatable bonds is 4. The molecule has 0 saturated carbocycles. The Balaban J connectivity index is 1.27. The number of urea groups is 1. The minimum atomic E-state index is -0.346. The summed E-state index contributed by atoms with van der Waals surface area (Å²) in [6.07, 6.45) is 1.64. The van der Waals surface area contributed by atoms with Crippen LogP contribution in [0.1, 0.15) is 30.4 Å². The molecule has 2 aliphatic heterocycles. The fourth-order valence-electron chi connectivity index (χ4n) is 4.41. The maximum atomic E-state index is 12.9. The van der Waals surface area contributed by atoms with Crippen molar-refractivity contribution in [1.82, 2.24) is 10.2 Å². The summed E-state index contributed by atoms with van der Waals surface area (Å²) in [5, 5.41) is 6.01. The molecule has 0 spiro atoms. The van der Waals surface area contributed by atoms with Gasteiger partial charge in [-0.1, -0.05) is 30.3 Å². The summed E-state index contributed by atoms with van der Waals surface area (Å²) in [5.41, 5.74) is 3.87. The highest BCUT2D eigenvalue weighted by Crippen LogP contribution is 2.29. The zero-order valence-electron chi connectivity index (χ0n) is 18.6. The number of benzene rings is 2. The van der Waals surface area contributed by atoms with Gasteiger partial charge in [0.25, 0.3) is 0 Å². The number of piperidine rings is 1. The highest BCUT2D eigenvalue weighted by Gasteiger charge is 2.37. The van der Waals surface area contributed by atoms with Crippen LogP contribution in [0.2, 0.25) is 0 Å². The van der Waals surface area contributed by atoms with Gasteiger partial charge in [-0.15, -0.1) is 0 Å². The number of likely N-dealkylation sites (tertiary alicyclic amines) is 1. The first-order valence-electron chi connectivity index (χ1n) is 11.2. The number of carbonyl (C=O) groups excluding carboxylic acids is 3. The molecule has 32 heavy (non-hydrogen) atoms. The van der Waals surface area contributed by atoms with Crippen molar-refractivity contribution >= 4 is 29.2 Å². The first-order valence-corrected chi connectivity index (χ1v) is 11.2. The van der Waals surface area contributed by atoms with Crippen LogP contribution in [0.3, 0.4) is 0 Å². The van der Waals surface area contributed by atoms with E-state index in [4.69, 9.17) is 0 Å². The van der Waals surface area contributed by atoms with E-state index in [1.54, 1.807) is 9.80 Å². The van der Waals surface area contributed by atoms with Crippen molar-refractivity contribution < 1.29 is 14.4 Å². The molecular formula is C25H30N4O3. The molecular weight excluding hydrogens is 404 g/mol. The number of amides is 4. The van der Waals surface area contributed by atoms with Crippen LogP contribution in [0.5, 0.6) is 0 Å². The number of hydrogen-bond acceptors (Lipinski definition) is 3. The van der Waals surface area contributed by atoms with Gasteiger partial charge in [-0.05, 0) is 56.0 Å². The second-order valence-electron chi connectivity index (χ2n) is 8.69. The van der Waals surface area contributed by atoms with Crippen LogP contribution >= 0.6 is 0 Å². The lowest BCUT2D eigenvalue weighted by molar-refractivity contribution is -0.127. The Hall–Kier alpha value is -3.35. The first-order chi connectivity index (χ1) is 15.4. The molecule has 1 unspecified atom stereocenters. The molecule has 1 atom stereocenters. The summed E-state index contributed by atoms with van der Waals surface area (Å²) >= 11 is 0. The number of nitrogens with zero attached hydrogens (tertiary/aromatic N) is 2. The second kappa shape index (κ2) is 9.42. The molecule has 0 bridgehead atoms. The van der Waals surface area contributed by atoms with Crippen LogP contribution in [0.15, 0.2) is 48.5 Å². The van der Waals surface area contributed by atoms with Gasteiger partial charge >= 0.3 is 6.03 Å². The summed E-state index contributed by atoms with van der Waals surface area (Å²) < 4.78 is 0. The quantitative estimate of drug-likeness (QED) is 0.773. The van der Waals surface area contributed by atoms with Crippen LogP contribution in [-0.4, -0.2) is 48.4 Å². The molecule has 2 heterocycles. The molecule has 2 aromatic rings. The lowest BCUT2D eigenvalue weighted by Gasteiger charge is -2.32. The van der Waals surface area contributed by atoms with Crippen LogP contribution in [0.25, 0.3) is 0 Å². The fraction of sp³-hybridized carbons (Fsp3) is 0.400.